The summed E-state index contributed by atoms with van der Waals surface area (Å²) in [5, 5.41) is 2.07. The van der Waals surface area contributed by atoms with Gasteiger partial charge in [0.2, 0.25) is 0 Å². The summed E-state index contributed by atoms with van der Waals surface area (Å²) < 4.78 is 20.8. The van der Waals surface area contributed by atoms with Gasteiger partial charge in [-0.05, 0) is 15.4 Å². The Morgan fingerprint density at radius 2 is 1.71 bits per heavy atom. The quantitative estimate of drug-likeness (QED) is 0.128. The molecule has 0 unspecified atom stereocenters. The van der Waals surface area contributed by atoms with Gasteiger partial charge in [0.25, 0.3) is 13.9 Å². The van der Waals surface area contributed by atoms with Crippen LogP contribution in [0, 0.1) is 11.8 Å². The molecule has 1 aliphatic heterocycles. The fourth-order valence-corrected chi connectivity index (χ4v) is 10.1. The van der Waals surface area contributed by atoms with Crippen molar-refractivity contribution >= 4 is 43.9 Å². The van der Waals surface area contributed by atoms with Gasteiger partial charge in [-0.15, -0.1) is 0 Å². The van der Waals surface area contributed by atoms with Crippen molar-refractivity contribution in [2.45, 2.75) is 55.2 Å². The highest BCUT2D eigenvalue weighted by Crippen LogP contribution is 2.38. The lowest BCUT2D eigenvalue weighted by atomic mass is 10.2. The van der Waals surface area contributed by atoms with Crippen molar-refractivity contribution in [2.24, 2.45) is 5.73 Å². The normalized spacial score (nSPS) is 19.2. The molecule has 0 aliphatic carbocycles. The molecule has 0 spiro atoms. The van der Waals surface area contributed by atoms with Crippen molar-refractivity contribution in [1.29, 1.82) is 0 Å². The third-order valence-electron chi connectivity index (χ3n) is 7.12. The molecule has 1 saturated heterocycles. The van der Waals surface area contributed by atoms with E-state index < -0.39 is 38.0 Å². The van der Waals surface area contributed by atoms with Crippen molar-refractivity contribution in [2.75, 3.05) is 19.8 Å². The van der Waals surface area contributed by atoms with Crippen LogP contribution in [0.1, 0.15) is 39.0 Å². The maximum Gasteiger partial charge on any atom is 0.330 e. The van der Waals surface area contributed by atoms with Crippen LogP contribution in [0.15, 0.2) is 76.4 Å². The van der Waals surface area contributed by atoms with E-state index in [0.717, 1.165) is 10.4 Å². The SMILES string of the molecule is CC(C)(C)[Si](OC[C@H]1O[C@@H](n2cc(C#CCN)c(=O)[nH]c2=O)C[C@@H]1OCC(S)S)(c1ccccc1)c1ccccc1. The molecule has 8 nitrogen and oxygen atoms in total. The molecule has 3 aromatic rings. The number of nitrogens with one attached hydrogen (secondary N) is 1. The van der Waals surface area contributed by atoms with Gasteiger partial charge in [-0.3, -0.25) is 14.3 Å². The minimum atomic E-state index is -2.85. The lowest BCUT2D eigenvalue weighted by molar-refractivity contribution is -0.0574. The fraction of sp³-hybridized carbons (Fsp3) is 0.400. The smallest absolute Gasteiger partial charge is 0.330 e. The zero-order chi connectivity index (χ0) is 29.6. The number of nitrogens with zero attached hydrogens (tertiary/aromatic N) is 1. The minimum Gasteiger partial charge on any atom is -0.405 e. The summed E-state index contributed by atoms with van der Waals surface area (Å²) in [6.45, 7) is 7.22. The summed E-state index contributed by atoms with van der Waals surface area (Å²) in [4.78, 5) is 27.4. The topological polar surface area (TPSA) is 109 Å². The predicted molar refractivity (Wildman–Crippen MR) is 171 cm³/mol. The number of hydrogen-bond acceptors (Lipinski definition) is 8. The number of aromatic nitrogens is 2. The van der Waals surface area contributed by atoms with Crippen LogP contribution < -0.4 is 27.4 Å². The van der Waals surface area contributed by atoms with E-state index in [-0.39, 0.29) is 34.9 Å². The Kier molecular flexibility index (Phi) is 10.4. The minimum absolute atomic E-state index is 0.0880. The van der Waals surface area contributed by atoms with Crippen LogP contribution >= 0.6 is 25.3 Å². The molecule has 1 aliphatic rings. The van der Waals surface area contributed by atoms with Crippen molar-refractivity contribution in [3.05, 3.63) is 93.3 Å². The van der Waals surface area contributed by atoms with E-state index in [9.17, 15) is 9.59 Å². The molecule has 218 valence electrons. The van der Waals surface area contributed by atoms with E-state index in [4.69, 9.17) is 19.6 Å². The molecule has 1 fully saturated rings. The van der Waals surface area contributed by atoms with Crippen LogP contribution in [0.5, 0.6) is 0 Å². The van der Waals surface area contributed by atoms with E-state index >= 15 is 0 Å². The Bertz CT molecular complexity index is 1440. The monoisotopic (exact) mass is 611 g/mol. The summed E-state index contributed by atoms with van der Waals surface area (Å²) in [5.41, 5.74) is 4.45. The molecule has 0 radical (unpaired) electrons. The fourth-order valence-electron chi connectivity index (χ4n) is 5.31. The first-order valence-electron chi connectivity index (χ1n) is 13.5. The van der Waals surface area contributed by atoms with E-state index in [0.29, 0.717) is 6.42 Å². The predicted octanol–water partition coefficient (Wildman–Crippen LogP) is 2.28. The lowest BCUT2D eigenvalue weighted by Gasteiger charge is -2.43. The Balaban J connectivity index is 1.71. The average molecular weight is 612 g/mol. The van der Waals surface area contributed by atoms with Crippen LogP contribution in [0.3, 0.4) is 0 Å². The van der Waals surface area contributed by atoms with Crippen molar-refractivity contribution in [1.82, 2.24) is 9.55 Å². The third-order valence-corrected chi connectivity index (χ3v) is 12.4. The maximum absolute atomic E-state index is 12.8. The van der Waals surface area contributed by atoms with Gasteiger partial charge in [-0.2, -0.15) is 25.3 Å². The summed E-state index contributed by atoms with van der Waals surface area (Å²) in [5.74, 6) is 5.38. The van der Waals surface area contributed by atoms with E-state index in [2.05, 4.69) is 87.1 Å². The van der Waals surface area contributed by atoms with Crippen LogP contribution in [-0.2, 0) is 13.9 Å². The van der Waals surface area contributed by atoms with Crippen LogP contribution in [0.4, 0.5) is 0 Å². The molecule has 0 bridgehead atoms. The van der Waals surface area contributed by atoms with Gasteiger partial charge in [0, 0.05) is 12.6 Å². The average Bonchev–Trinajstić information content (AvgIpc) is 3.35. The number of nitrogens with two attached hydrogens (primary N) is 1. The summed E-state index contributed by atoms with van der Waals surface area (Å²) in [7, 11) is -2.85. The second-order valence-electron chi connectivity index (χ2n) is 10.9. The first-order chi connectivity index (χ1) is 19.6. The van der Waals surface area contributed by atoms with Gasteiger partial charge in [-0.25, -0.2) is 4.79 Å². The summed E-state index contributed by atoms with van der Waals surface area (Å²) in [6.07, 6.45) is 0.168. The second kappa shape index (κ2) is 13.6. The van der Waals surface area contributed by atoms with Crippen LogP contribution in [0.25, 0.3) is 0 Å². The molecular weight excluding hydrogens is 575 g/mol. The van der Waals surface area contributed by atoms with E-state index in [1.165, 1.54) is 10.8 Å². The second-order valence-corrected chi connectivity index (χ2v) is 16.9. The largest absolute Gasteiger partial charge is 0.405 e. The Hall–Kier alpha value is -2.56. The van der Waals surface area contributed by atoms with Gasteiger partial charge in [0.15, 0.2) is 0 Å². The van der Waals surface area contributed by atoms with Crippen molar-refractivity contribution in [3.63, 3.8) is 0 Å². The molecule has 0 saturated carbocycles. The molecule has 3 N–H and O–H groups in total. The van der Waals surface area contributed by atoms with E-state index in [1.807, 2.05) is 36.4 Å². The Morgan fingerprint density at radius 3 is 2.24 bits per heavy atom. The summed E-state index contributed by atoms with van der Waals surface area (Å²) >= 11 is 8.70. The standard InChI is InChI=1S/C30H37N3O5S2Si/c1-30(2,3)41(22-12-6-4-7-13-22,23-14-8-5-9-15-23)37-19-25-24(36-20-27(39)40)17-26(38-25)33-18-21(11-10-16-31)28(34)32-29(33)35/h4-9,12-15,18,24-27,39-40H,16-17,19-20,31H2,1-3H3,(H,32,34,35)/t24-,25+,26+/m0/s1. The third kappa shape index (κ3) is 7.09. The number of thiol groups is 2. The molecule has 4 rings (SSSR count). The van der Waals surface area contributed by atoms with Crippen molar-refractivity contribution in [3.8, 4) is 11.8 Å². The molecule has 3 atom stereocenters. The first-order valence-corrected chi connectivity index (χ1v) is 16.4. The summed E-state index contributed by atoms with van der Waals surface area (Å²) in [6, 6.07) is 20.7. The molecule has 11 heteroatoms. The number of benzene rings is 2. The van der Waals surface area contributed by atoms with Crippen molar-refractivity contribution < 1.29 is 13.9 Å². The number of hydrogen-bond donors (Lipinski definition) is 4. The zero-order valence-electron chi connectivity index (χ0n) is 23.4. The lowest BCUT2D eigenvalue weighted by Crippen LogP contribution is -2.67. The van der Waals surface area contributed by atoms with Gasteiger partial charge >= 0.3 is 5.69 Å². The Morgan fingerprint density at radius 1 is 1.10 bits per heavy atom. The van der Waals surface area contributed by atoms with E-state index in [1.54, 1.807) is 0 Å². The number of aromatic amines is 1. The first kappa shape index (κ1) is 31.4. The molecule has 0 amide bonds. The molecule has 2 heterocycles. The Labute approximate surface area is 252 Å². The highest BCUT2D eigenvalue weighted by molar-refractivity contribution is 7.99. The van der Waals surface area contributed by atoms with Gasteiger partial charge < -0.3 is 19.6 Å². The highest BCUT2D eigenvalue weighted by atomic mass is 32.2. The highest BCUT2D eigenvalue weighted by Gasteiger charge is 2.51. The zero-order valence-corrected chi connectivity index (χ0v) is 26.2. The number of rotatable bonds is 9. The van der Waals surface area contributed by atoms with Crippen LogP contribution in [-0.4, -0.2) is 54.4 Å². The van der Waals surface area contributed by atoms with Gasteiger partial charge in [0.05, 0.1) is 30.4 Å². The molecule has 41 heavy (non-hydrogen) atoms. The molecule has 1 aromatic heterocycles. The van der Waals surface area contributed by atoms with Crippen LogP contribution in [0.2, 0.25) is 5.04 Å². The van der Waals surface area contributed by atoms with Gasteiger partial charge in [-0.1, -0.05) is 93.3 Å². The number of H-pyrrole nitrogens is 1. The maximum atomic E-state index is 12.8. The molecular formula is C30H37N3O5S2Si. The number of ether oxygens (including phenoxy) is 2. The van der Waals surface area contributed by atoms with Gasteiger partial charge in [0.1, 0.15) is 17.9 Å². The molecule has 2 aromatic carbocycles.